The molecule has 1 saturated heterocycles. The molecule has 0 saturated carbocycles. The third kappa shape index (κ3) is 15.6. The molecule has 1 N–H and O–H groups in total. The van der Waals surface area contributed by atoms with E-state index in [-0.39, 0.29) is 0 Å². The van der Waals surface area contributed by atoms with E-state index in [2.05, 4.69) is 82.6 Å². The molecule has 1 aliphatic heterocycles. The molecular formula is C28H60N4. The highest BCUT2D eigenvalue weighted by atomic mass is 15.2. The zero-order chi connectivity index (χ0) is 24.3. The molecular weight excluding hydrogens is 392 g/mol. The van der Waals surface area contributed by atoms with Crippen molar-refractivity contribution in [2.45, 2.75) is 93.4 Å². The summed E-state index contributed by atoms with van der Waals surface area (Å²) in [5.74, 6) is 0. The summed E-state index contributed by atoms with van der Waals surface area (Å²) < 4.78 is 0. The molecule has 1 fully saturated rings. The summed E-state index contributed by atoms with van der Waals surface area (Å²) in [6.45, 7) is 27.9. The first-order valence-electron chi connectivity index (χ1n) is 13.6. The second-order valence-corrected chi connectivity index (χ2v) is 13.5. The van der Waals surface area contributed by atoms with Gasteiger partial charge in [-0.1, -0.05) is 48.5 Å². The van der Waals surface area contributed by atoms with Gasteiger partial charge in [0.25, 0.3) is 0 Å². The van der Waals surface area contributed by atoms with Crippen molar-refractivity contribution in [3.8, 4) is 0 Å². The van der Waals surface area contributed by atoms with Crippen LogP contribution in [-0.2, 0) is 0 Å². The average Bonchev–Trinajstić information content (AvgIpc) is 2.70. The van der Waals surface area contributed by atoms with E-state index < -0.39 is 0 Å². The van der Waals surface area contributed by atoms with E-state index >= 15 is 0 Å². The molecule has 1 heterocycles. The zero-order valence-corrected chi connectivity index (χ0v) is 23.7. The lowest BCUT2D eigenvalue weighted by Crippen LogP contribution is -2.44. The van der Waals surface area contributed by atoms with Gasteiger partial charge in [-0.2, -0.15) is 0 Å². The number of piperazine rings is 1. The first kappa shape index (κ1) is 29.9. The van der Waals surface area contributed by atoms with Crippen molar-refractivity contribution in [1.29, 1.82) is 0 Å². The fourth-order valence-electron chi connectivity index (χ4n) is 4.50. The lowest BCUT2D eigenvalue weighted by atomic mass is 9.75. The van der Waals surface area contributed by atoms with Crippen molar-refractivity contribution in [3.63, 3.8) is 0 Å². The van der Waals surface area contributed by atoms with E-state index in [1.165, 1.54) is 90.8 Å². The van der Waals surface area contributed by atoms with Crippen molar-refractivity contribution in [2.75, 3.05) is 73.0 Å². The Morgan fingerprint density at radius 3 is 1.72 bits per heavy atom. The van der Waals surface area contributed by atoms with Crippen LogP contribution in [0.2, 0.25) is 0 Å². The van der Waals surface area contributed by atoms with Crippen LogP contribution in [0.1, 0.15) is 93.4 Å². The van der Waals surface area contributed by atoms with Gasteiger partial charge in [0.2, 0.25) is 0 Å². The van der Waals surface area contributed by atoms with Gasteiger partial charge in [0.05, 0.1) is 0 Å². The average molecular weight is 453 g/mol. The Morgan fingerprint density at radius 2 is 1.12 bits per heavy atom. The minimum absolute atomic E-state index is 0.437. The summed E-state index contributed by atoms with van der Waals surface area (Å²) in [6.07, 6.45) is 9.24. The standard InChI is InChI=1S/C28H60N4/c1-26(2,3)15-22-31(9)23-16-28(6,7)14-13-27(4,5)12-10-19-30(8)20-11-21-32-24-17-29-18-25-32/h29H,10-25H2,1-9H3. The van der Waals surface area contributed by atoms with Gasteiger partial charge in [0.1, 0.15) is 0 Å². The summed E-state index contributed by atoms with van der Waals surface area (Å²) in [5.41, 5.74) is 1.33. The van der Waals surface area contributed by atoms with Crippen LogP contribution in [0, 0.1) is 16.2 Å². The fraction of sp³-hybridized carbons (Fsp3) is 1.00. The first-order chi connectivity index (χ1) is 14.8. The van der Waals surface area contributed by atoms with Crippen LogP contribution in [0.4, 0.5) is 0 Å². The monoisotopic (exact) mass is 452 g/mol. The summed E-state index contributed by atoms with van der Waals surface area (Å²) in [4.78, 5) is 7.70. The molecule has 0 atom stereocenters. The molecule has 192 valence electrons. The molecule has 0 aromatic rings. The maximum Gasteiger partial charge on any atom is 0.0107 e. The second kappa shape index (κ2) is 14.3. The Labute approximate surface area is 202 Å². The van der Waals surface area contributed by atoms with Crippen LogP contribution in [-0.4, -0.2) is 87.7 Å². The lowest BCUT2D eigenvalue weighted by Gasteiger charge is -2.33. The number of rotatable bonds is 16. The Hall–Kier alpha value is -0.160. The van der Waals surface area contributed by atoms with E-state index in [9.17, 15) is 0 Å². The molecule has 32 heavy (non-hydrogen) atoms. The topological polar surface area (TPSA) is 21.8 Å². The van der Waals surface area contributed by atoms with Crippen LogP contribution >= 0.6 is 0 Å². The van der Waals surface area contributed by atoms with Crippen LogP contribution in [0.3, 0.4) is 0 Å². The van der Waals surface area contributed by atoms with E-state index in [1.54, 1.807) is 0 Å². The normalized spacial score (nSPS) is 17.0. The first-order valence-corrected chi connectivity index (χ1v) is 13.6. The maximum absolute atomic E-state index is 3.44. The molecule has 4 nitrogen and oxygen atoms in total. The fourth-order valence-corrected chi connectivity index (χ4v) is 4.50. The van der Waals surface area contributed by atoms with E-state index in [0.717, 1.165) is 13.1 Å². The predicted octanol–water partition coefficient (Wildman–Crippen LogP) is 5.58. The molecule has 0 amide bonds. The highest BCUT2D eigenvalue weighted by molar-refractivity contribution is 4.77. The number of nitrogens with one attached hydrogen (secondary N) is 1. The molecule has 0 aromatic carbocycles. The Balaban J connectivity index is 2.17. The lowest BCUT2D eigenvalue weighted by molar-refractivity contribution is 0.178. The Bertz CT molecular complexity index is 474. The molecule has 0 aliphatic carbocycles. The van der Waals surface area contributed by atoms with E-state index in [4.69, 9.17) is 0 Å². The summed E-state index contributed by atoms with van der Waals surface area (Å²) >= 11 is 0. The van der Waals surface area contributed by atoms with Gasteiger partial charge in [-0.3, -0.25) is 0 Å². The predicted molar refractivity (Wildman–Crippen MR) is 144 cm³/mol. The van der Waals surface area contributed by atoms with Crippen molar-refractivity contribution >= 4 is 0 Å². The van der Waals surface area contributed by atoms with Gasteiger partial charge in [-0.15, -0.1) is 0 Å². The zero-order valence-electron chi connectivity index (χ0n) is 23.7. The minimum atomic E-state index is 0.437. The largest absolute Gasteiger partial charge is 0.314 e. The van der Waals surface area contributed by atoms with Gasteiger partial charge < -0.3 is 20.0 Å². The second-order valence-electron chi connectivity index (χ2n) is 13.5. The van der Waals surface area contributed by atoms with Crippen molar-refractivity contribution < 1.29 is 0 Å². The molecule has 0 spiro atoms. The molecule has 4 heteroatoms. The van der Waals surface area contributed by atoms with Crippen molar-refractivity contribution in [1.82, 2.24) is 20.0 Å². The van der Waals surface area contributed by atoms with Gasteiger partial charge in [0, 0.05) is 26.2 Å². The molecule has 0 bridgehead atoms. The van der Waals surface area contributed by atoms with Crippen LogP contribution in [0.25, 0.3) is 0 Å². The maximum atomic E-state index is 3.44. The van der Waals surface area contributed by atoms with Gasteiger partial charge in [0.15, 0.2) is 0 Å². The molecule has 0 aromatic heterocycles. The van der Waals surface area contributed by atoms with Gasteiger partial charge >= 0.3 is 0 Å². The van der Waals surface area contributed by atoms with Crippen LogP contribution < -0.4 is 5.32 Å². The summed E-state index contributed by atoms with van der Waals surface area (Å²) in [7, 11) is 4.61. The van der Waals surface area contributed by atoms with Crippen molar-refractivity contribution in [2.24, 2.45) is 16.2 Å². The van der Waals surface area contributed by atoms with Crippen molar-refractivity contribution in [3.05, 3.63) is 0 Å². The smallest absolute Gasteiger partial charge is 0.0107 e. The van der Waals surface area contributed by atoms with Gasteiger partial charge in [-0.25, -0.2) is 0 Å². The van der Waals surface area contributed by atoms with Gasteiger partial charge in [-0.05, 0) is 108 Å². The third-order valence-electron chi connectivity index (χ3n) is 7.51. The summed E-state index contributed by atoms with van der Waals surface area (Å²) in [5, 5.41) is 3.44. The molecule has 0 unspecified atom stereocenters. The van der Waals surface area contributed by atoms with E-state index in [0.29, 0.717) is 16.2 Å². The number of nitrogens with zero attached hydrogens (tertiary/aromatic N) is 3. The highest BCUT2D eigenvalue weighted by Crippen LogP contribution is 2.36. The molecule has 1 aliphatic rings. The summed E-state index contributed by atoms with van der Waals surface area (Å²) in [6, 6.07) is 0. The quantitative estimate of drug-likeness (QED) is 0.330. The van der Waals surface area contributed by atoms with Crippen LogP contribution in [0.15, 0.2) is 0 Å². The minimum Gasteiger partial charge on any atom is -0.314 e. The Kier molecular flexibility index (Phi) is 13.3. The Morgan fingerprint density at radius 1 is 0.625 bits per heavy atom. The SMILES string of the molecule is CN(CCCN1CCNCC1)CCCC(C)(C)CCC(C)(C)CCN(C)CCC(C)(C)C. The number of hydrogen-bond acceptors (Lipinski definition) is 4. The molecule has 1 rings (SSSR count). The highest BCUT2D eigenvalue weighted by Gasteiger charge is 2.25. The van der Waals surface area contributed by atoms with Crippen LogP contribution in [0.5, 0.6) is 0 Å². The third-order valence-corrected chi connectivity index (χ3v) is 7.51. The van der Waals surface area contributed by atoms with E-state index in [1.807, 2.05) is 0 Å². The number of hydrogen-bond donors (Lipinski definition) is 1. The molecule has 0 radical (unpaired) electrons.